The number of nitrogens with two attached hydrogens (primary N) is 1. The van der Waals surface area contributed by atoms with Crippen LogP contribution in [0.3, 0.4) is 0 Å². The summed E-state index contributed by atoms with van der Waals surface area (Å²) in [6, 6.07) is 3.98. The van der Waals surface area contributed by atoms with Gasteiger partial charge in [0.1, 0.15) is 0 Å². The summed E-state index contributed by atoms with van der Waals surface area (Å²) in [6.45, 7) is 2.17. The van der Waals surface area contributed by atoms with Crippen LogP contribution in [0.4, 0.5) is 0 Å². The van der Waals surface area contributed by atoms with Crippen LogP contribution in [0.5, 0.6) is 0 Å². The molecular weight excluding hydrogens is 228 g/mol. The van der Waals surface area contributed by atoms with Crippen molar-refractivity contribution in [1.82, 2.24) is 4.98 Å². The Bertz CT molecular complexity index is 263. The van der Waals surface area contributed by atoms with Crippen LogP contribution in [0.25, 0.3) is 0 Å². The first-order valence-corrected chi connectivity index (χ1v) is 5.40. The summed E-state index contributed by atoms with van der Waals surface area (Å²) in [5, 5.41) is 0. The third kappa shape index (κ3) is 3.44. The lowest BCUT2D eigenvalue weighted by Crippen LogP contribution is -2.11. The fraction of sp³-hybridized carbons (Fsp3) is 0.500. The maximum Gasteiger partial charge on any atom is 0.0582 e. The molecule has 1 unspecified atom stereocenters. The van der Waals surface area contributed by atoms with E-state index in [9.17, 15) is 0 Å². The van der Waals surface area contributed by atoms with Crippen molar-refractivity contribution in [2.75, 3.05) is 0 Å². The third-order valence-corrected chi connectivity index (χ3v) is 2.48. The van der Waals surface area contributed by atoms with Crippen molar-refractivity contribution in [3.05, 3.63) is 28.5 Å². The van der Waals surface area contributed by atoms with Gasteiger partial charge < -0.3 is 5.73 Å². The molecule has 0 aromatic carbocycles. The highest BCUT2D eigenvalue weighted by atomic mass is 79.9. The average Bonchev–Trinajstić information content (AvgIpc) is 2.14. The Morgan fingerprint density at radius 1 is 1.62 bits per heavy atom. The van der Waals surface area contributed by atoms with E-state index in [0.29, 0.717) is 0 Å². The molecule has 1 heterocycles. The minimum Gasteiger partial charge on any atom is -0.323 e. The number of unbranched alkanes of at least 4 members (excludes halogenated alkanes) is 1. The summed E-state index contributed by atoms with van der Waals surface area (Å²) < 4.78 is 1.05. The first kappa shape index (κ1) is 10.7. The molecule has 0 radical (unpaired) electrons. The second kappa shape index (κ2) is 5.35. The second-order valence-electron chi connectivity index (χ2n) is 3.15. The van der Waals surface area contributed by atoms with Gasteiger partial charge in [0.05, 0.1) is 5.69 Å². The Morgan fingerprint density at radius 3 is 3.00 bits per heavy atom. The molecule has 2 nitrogen and oxygen atoms in total. The number of aromatic nitrogens is 1. The zero-order valence-corrected chi connectivity index (χ0v) is 9.42. The molecule has 0 amide bonds. The van der Waals surface area contributed by atoms with Crippen LogP contribution in [0.15, 0.2) is 22.8 Å². The minimum atomic E-state index is 0.0810. The normalized spacial score (nSPS) is 12.8. The number of hydrogen-bond donors (Lipinski definition) is 1. The largest absolute Gasteiger partial charge is 0.323 e. The van der Waals surface area contributed by atoms with Crippen LogP contribution in [-0.2, 0) is 0 Å². The molecule has 0 fully saturated rings. The summed E-state index contributed by atoms with van der Waals surface area (Å²) in [4.78, 5) is 4.24. The van der Waals surface area contributed by atoms with E-state index in [1.165, 1.54) is 6.42 Å². The summed E-state index contributed by atoms with van der Waals surface area (Å²) in [5.41, 5.74) is 6.94. The van der Waals surface area contributed by atoms with Gasteiger partial charge in [-0.2, -0.15) is 0 Å². The highest BCUT2D eigenvalue weighted by Gasteiger charge is 2.06. The Hall–Kier alpha value is -0.410. The van der Waals surface area contributed by atoms with Gasteiger partial charge in [0.25, 0.3) is 0 Å². The Balaban J connectivity index is 2.60. The molecule has 3 heteroatoms. The molecule has 1 aromatic rings. The van der Waals surface area contributed by atoms with Crippen molar-refractivity contribution in [1.29, 1.82) is 0 Å². The average molecular weight is 243 g/mol. The SMILES string of the molecule is CCCCC(N)c1cc(Br)ccn1. The van der Waals surface area contributed by atoms with E-state index in [4.69, 9.17) is 5.73 Å². The summed E-state index contributed by atoms with van der Waals surface area (Å²) >= 11 is 3.40. The molecule has 0 aliphatic heterocycles. The molecule has 1 atom stereocenters. The smallest absolute Gasteiger partial charge is 0.0582 e. The molecule has 13 heavy (non-hydrogen) atoms. The lowest BCUT2D eigenvalue weighted by atomic mass is 10.1. The summed E-state index contributed by atoms with van der Waals surface area (Å²) in [6.07, 6.45) is 5.14. The fourth-order valence-electron chi connectivity index (χ4n) is 1.20. The predicted octanol–water partition coefficient (Wildman–Crippen LogP) is 3.03. The molecule has 0 saturated heterocycles. The fourth-order valence-corrected chi connectivity index (χ4v) is 1.55. The highest BCUT2D eigenvalue weighted by molar-refractivity contribution is 9.10. The van der Waals surface area contributed by atoms with E-state index in [2.05, 4.69) is 27.8 Å². The zero-order chi connectivity index (χ0) is 9.68. The number of halogens is 1. The number of rotatable bonds is 4. The van der Waals surface area contributed by atoms with Crippen molar-refractivity contribution < 1.29 is 0 Å². The van der Waals surface area contributed by atoms with Gasteiger partial charge in [-0.1, -0.05) is 35.7 Å². The minimum absolute atomic E-state index is 0.0810. The molecular formula is C10H15BrN2. The number of nitrogens with zero attached hydrogens (tertiary/aromatic N) is 1. The third-order valence-electron chi connectivity index (χ3n) is 1.99. The van der Waals surface area contributed by atoms with Gasteiger partial charge in [0.15, 0.2) is 0 Å². The first-order valence-electron chi connectivity index (χ1n) is 4.61. The van der Waals surface area contributed by atoms with Crippen molar-refractivity contribution >= 4 is 15.9 Å². The van der Waals surface area contributed by atoms with E-state index in [1.54, 1.807) is 6.20 Å². The van der Waals surface area contributed by atoms with Crippen LogP contribution >= 0.6 is 15.9 Å². The zero-order valence-electron chi connectivity index (χ0n) is 7.83. The van der Waals surface area contributed by atoms with E-state index in [-0.39, 0.29) is 6.04 Å². The van der Waals surface area contributed by atoms with E-state index in [1.807, 2.05) is 12.1 Å². The van der Waals surface area contributed by atoms with Crippen LogP contribution in [0.1, 0.15) is 37.9 Å². The monoisotopic (exact) mass is 242 g/mol. The van der Waals surface area contributed by atoms with Crippen LogP contribution in [0, 0.1) is 0 Å². The quantitative estimate of drug-likeness (QED) is 0.882. The molecule has 2 N–H and O–H groups in total. The van der Waals surface area contributed by atoms with E-state index < -0.39 is 0 Å². The molecule has 0 bridgehead atoms. The molecule has 1 aromatic heterocycles. The maximum atomic E-state index is 5.97. The number of hydrogen-bond acceptors (Lipinski definition) is 2. The highest BCUT2D eigenvalue weighted by Crippen LogP contribution is 2.17. The van der Waals surface area contributed by atoms with Gasteiger partial charge in [-0.15, -0.1) is 0 Å². The van der Waals surface area contributed by atoms with Crippen molar-refractivity contribution in [2.24, 2.45) is 5.73 Å². The standard InChI is InChI=1S/C10H15BrN2/c1-2-3-4-9(12)10-7-8(11)5-6-13-10/h5-7,9H,2-4,12H2,1H3. The lowest BCUT2D eigenvalue weighted by Gasteiger charge is -2.09. The molecule has 0 aliphatic rings. The van der Waals surface area contributed by atoms with E-state index in [0.717, 1.165) is 23.0 Å². The summed E-state index contributed by atoms with van der Waals surface area (Å²) in [7, 11) is 0. The second-order valence-corrected chi connectivity index (χ2v) is 4.06. The van der Waals surface area contributed by atoms with Crippen molar-refractivity contribution in [3.8, 4) is 0 Å². The topological polar surface area (TPSA) is 38.9 Å². The predicted molar refractivity (Wildman–Crippen MR) is 58.4 cm³/mol. The van der Waals surface area contributed by atoms with Crippen LogP contribution < -0.4 is 5.73 Å². The van der Waals surface area contributed by atoms with E-state index >= 15 is 0 Å². The van der Waals surface area contributed by atoms with Gasteiger partial charge in [0.2, 0.25) is 0 Å². The Labute approximate surface area is 87.7 Å². The van der Waals surface area contributed by atoms with Gasteiger partial charge in [-0.25, -0.2) is 0 Å². The van der Waals surface area contributed by atoms with Crippen molar-refractivity contribution in [3.63, 3.8) is 0 Å². The first-order chi connectivity index (χ1) is 6.24. The molecule has 72 valence electrons. The maximum absolute atomic E-state index is 5.97. The lowest BCUT2D eigenvalue weighted by molar-refractivity contribution is 0.590. The van der Waals surface area contributed by atoms with Gasteiger partial charge in [-0.3, -0.25) is 4.98 Å². The Morgan fingerprint density at radius 2 is 2.38 bits per heavy atom. The molecule has 0 aliphatic carbocycles. The van der Waals surface area contributed by atoms with Crippen LogP contribution in [0.2, 0.25) is 0 Å². The van der Waals surface area contributed by atoms with Gasteiger partial charge in [0, 0.05) is 16.7 Å². The van der Waals surface area contributed by atoms with Gasteiger partial charge >= 0.3 is 0 Å². The molecule has 0 saturated carbocycles. The van der Waals surface area contributed by atoms with Crippen molar-refractivity contribution in [2.45, 2.75) is 32.2 Å². The van der Waals surface area contributed by atoms with Crippen LogP contribution in [-0.4, -0.2) is 4.98 Å². The van der Waals surface area contributed by atoms with Gasteiger partial charge in [-0.05, 0) is 18.6 Å². The number of pyridine rings is 1. The Kier molecular flexibility index (Phi) is 4.39. The molecule has 1 rings (SSSR count). The molecule has 0 spiro atoms. The summed E-state index contributed by atoms with van der Waals surface area (Å²) in [5.74, 6) is 0.